The first kappa shape index (κ1) is 20.9. The molecular formula is C24H23NO5. The minimum atomic E-state index is -0.310. The van der Waals surface area contributed by atoms with Crippen LogP contribution in [0.5, 0.6) is 17.2 Å². The summed E-state index contributed by atoms with van der Waals surface area (Å²) in [7, 11) is 3.09. The zero-order valence-corrected chi connectivity index (χ0v) is 17.1. The van der Waals surface area contributed by atoms with Gasteiger partial charge in [-0.15, -0.1) is 0 Å². The normalized spacial score (nSPS) is 10.2. The summed E-state index contributed by atoms with van der Waals surface area (Å²) in [5.41, 5.74) is 2.63. The topological polar surface area (TPSA) is 73.9 Å². The Morgan fingerprint density at radius 3 is 2.07 bits per heavy atom. The van der Waals surface area contributed by atoms with Crippen LogP contribution in [0.1, 0.15) is 21.5 Å². The van der Waals surface area contributed by atoms with Crippen LogP contribution in [0.4, 0.5) is 5.69 Å². The summed E-state index contributed by atoms with van der Waals surface area (Å²) in [5.74, 6) is 1.24. The third kappa shape index (κ3) is 4.97. The number of nitrogens with one attached hydrogen (secondary N) is 1. The fourth-order valence-corrected chi connectivity index (χ4v) is 2.91. The van der Waals surface area contributed by atoms with Gasteiger partial charge >= 0.3 is 0 Å². The summed E-state index contributed by atoms with van der Waals surface area (Å²) >= 11 is 0. The van der Waals surface area contributed by atoms with Gasteiger partial charge < -0.3 is 19.5 Å². The van der Waals surface area contributed by atoms with E-state index in [0.29, 0.717) is 34.1 Å². The lowest BCUT2D eigenvalue weighted by Gasteiger charge is -2.14. The molecule has 0 radical (unpaired) electrons. The Morgan fingerprint density at radius 2 is 1.43 bits per heavy atom. The number of carbonyl (C=O) groups excluding carboxylic acids is 2. The molecule has 3 rings (SSSR count). The zero-order valence-electron chi connectivity index (χ0n) is 17.1. The Kier molecular flexibility index (Phi) is 6.70. The molecular weight excluding hydrogens is 382 g/mol. The van der Waals surface area contributed by atoms with E-state index in [0.717, 1.165) is 5.56 Å². The molecule has 0 aromatic heterocycles. The van der Waals surface area contributed by atoms with Gasteiger partial charge in [-0.25, -0.2) is 0 Å². The number of anilines is 1. The summed E-state index contributed by atoms with van der Waals surface area (Å²) in [6, 6.07) is 19.3. The van der Waals surface area contributed by atoms with E-state index >= 15 is 0 Å². The lowest BCUT2D eigenvalue weighted by atomic mass is 10.0. The molecule has 154 valence electrons. The van der Waals surface area contributed by atoms with Crippen molar-refractivity contribution in [3.63, 3.8) is 0 Å². The number of carbonyl (C=O) groups is 2. The average molecular weight is 405 g/mol. The molecule has 6 nitrogen and oxygen atoms in total. The van der Waals surface area contributed by atoms with Crippen molar-refractivity contribution in [3.05, 3.63) is 83.4 Å². The molecule has 0 aliphatic carbocycles. The Labute approximate surface area is 175 Å². The van der Waals surface area contributed by atoms with E-state index in [4.69, 9.17) is 14.2 Å². The van der Waals surface area contributed by atoms with Crippen LogP contribution in [0.3, 0.4) is 0 Å². The average Bonchev–Trinajstić information content (AvgIpc) is 2.79. The Morgan fingerprint density at radius 1 is 0.833 bits per heavy atom. The van der Waals surface area contributed by atoms with E-state index in [1.807, 2.05) is 25.1 Å². The number of amides is 1. The van der Waals surface area contributed by atoms with Gasteiger partial charge in [0.1, 0.15) is 5.75 Å². The van der Waals surface area contributed by atoms with Crippen molar-refractivity contribution in [1.82, 2.24) is 0 Å². The van der Waals surface area contributed by atoms with Gasteiger partial charge in [-0.3, -0.25) is 9.59 Å². The van der Waals surface area contributed by atoms with Crippen molar-refractivity contribution in [3.8, 4) is 17.2 Å². The van der Waals surface area contributed by atoms with Crippen LogP contribution in [-0.4, -0.2) is 32.5 Å². The number of hydrogen-bond acceptors (Lipinski definition) is 5. The molecule has 6 heteroatoms. The molecule has 30 heavy (non-hydrogen) atoms. The standard InChI is InChI=1S/C24H23NO5/c1-16-13-21(28-2)22(29-3)14-20(16)25-23(26)15-30-19-11-9-18(10-12-19)24(27)17-7-5-4-6-8-17/h4-14H,15H2,1-3H3,(H,25,26). The zero-order chi connectivity index (χ0) is 21.5. The van der Waals surface area contributed by atoms with Crippen molar-refractivity contribution in [2.45, 2.75) is 6.92 Å². The van der Waals surface area contributed by atoms with Gasteiger partial charge in [0.05, 0.1) is 14.2 Å². The Balaban J connectivity index is 1.59. The van der Waals surface area contributed by atoms with E-state index in [-0.39, 0.29) is 18.3 Å². The smallest absolute Gasteiger partial charge is 0.262 e. The van der Waals surface area contributed by atoms with Crippen LogP contribution in [0.2, 0.25) is 0 Å². The predicted octanol–water partition coefficient (Wildman–Crippen LogP) is 4.26. The Bertz CT molecular complexity index is 1030. The predicted molar refractivity (Wildman–Crippen MR) is 115 cm³/mol. The number of rotatable bonds is 8. The molecule has 0 heterocycles. The minimum Gasteiger partial charge on any atom is -0.493 e. The van der Waals surface area contributed by atoms with Crippen LogP contribution >= 0.6 is 0 Å². The fraction of sp³-hybridized carbons (Fsp3) is 0.167. The van der Waals surface area contributed by atoms with E-state index in [1.54, 1.807) is 55.6 Å². The summed E-state index contributed by atoms with van der Waals surface area (Å²) in [6.45, 7) is 1.70. The van der Waals surface area contributed by atoms with Crippen molar-refractivity contribution < 1.29 is 23.8 Å². The van der Waals surface area contributed by atoms with E-state index in [2.05, 4.69) is 5.32 Å². The van der Waals surface area contributed by atoms with Gasteiger partial charge in [0, 0.05) is 22.9 Å². The molecule has 0 bridgehead atoms. The molecule has 3 aromatic rings. The lowest BCUT2D eigenvalue weighted by Crippen LogP contribution is -2.20. The van der Waals surface area contributed by atoms with E-state index in [1.165, 1.54) is 7.11 Å². The summed E-state index contributed by atoms with van der Waals surface area (Å²) < 4.78 is 16.1. The number of aryl methyl sites for hydroxylation is 1. The van der Waals surface area contributed by atoms with Crippen molar-refractivity contribution in [2.24, 2.45) is 0 Å². The van der Waals surface area contributed by atoms with E-state index < -0.39 is 0 Å². The van der Waals surface area contributed by atoms with Gasteiger partial charge in [-0.2, -0.15) is 0 Å². The molecule has 0 aliphatic heterocycles. The monoisotopic (exact) mass is 405 g/mol. The third-order valence-electron chi connectivity index (χ3n) is 4.53. The lowest BCUT2D eigenvalue weighted by molar-refractivity contribution is -0.118. The van der Waals surface area contributed by atoms with Gasteiger partial charge in [0.25, 0.3) is 5.91 Å². The van der Waals surface area contributed by atoms with Crippen molar-refractivity contribution in [2.75, 3.05) is 26.1 Å². The van der Waals surface area contributed by atoms with Crippen LogP contribution < -0.4 is 19.5 Å². The third-order valence-corrected chi connectivity index (χ3v) is 4.53. The second kappa shape index (κ2) is 9.60. The Hall–Kier alpha value is -3.80. The first-order chi connectivity index (χ1) is 14.5. The first-order valence-electron chi connectivity index (χ1n) is 9.37. The molecule has 1 amide bonds. The number of ether oxygens (including phenoxy) is 3. The van der Waals surface area contributed by atoms with Gasteiger partial charge in [0.2, 0.25) is 0 Å². The van der Waals surface area contributed by atoms with Crippen molar-refractivity contribution >= 4 is 17.4 Å². The summed E-state index contributed by atoms with van der Waals surface area (Å²) in [4.78, 5) is 24.7. The van der Waals surface area contributed by atoms with Crippen LogP contribution in [-0.2, 0) is 4.79 Å². The highest BCUT2D eigenvalue weighted by atomic mass is 16.5. The second-order valence-corrected chi connectivity index (χ2v) is 6.58. The molecule has 3 aromatic carbocycles. The molecule has 0 unspecified atom stereocenters. The molecule has 0 fully saturated rings. The van der Waals surface area contributed by atoms with E-state index in [9.17, 15) is 9.59 Å². The molecule has 0 spiro atoms. The highest BCUT2D eigenvalue weighted by molar-refractivity contribution is 6.09. The molecule has 1 N–H and O–H groups in total. The highest BCUT2D eigenvalue weighted by Gasteiger charge is 2.12. The maximum absolute atomic E-state index is 12.4. The minimum absolute atomic E-state index is 0.0659. The highest BCUT2D eigenvalue weighted by Crippen LogP contribution is 2.32. The SMILES string of the molecule is COc1cc(C)c(NC(=O)COc2ccc(C(=O)c3ccccc3)cc2)cc1OC. The van der Waals surface area contributed by atoms with Gasteiger partial charge in [-0.05, 0) is 42.8 Å². The number of ketones is 1. The number of methoxy groups -OCH3 is 2. The maximum atomic E-state index is 12.4. The quantitative estimate of drug-likeness (QED) is 0.567. The molecule has 0 saturated carbocycles. The fourth-order valence-electron chi connectivity index (χ4n) is 2.91. The summed E-state index contributed by atoms with van der Waals surface area (Å²) in [5, 5.41) is 2.80. The van der Waals surface area contributed by atoms with Gasteiger partial charge in [0.15, 0.2) is 23.9 Å². The number of hydrogen-bond donors (Lipinski definition) is 1. The first-order valence-corrected chi connectivity index (χ1v) is 9.37. The van der Waals surface area contributed by atoms with Crippen molar-refractivity contribution in [1.29, 1.82) is 0 Å². The van der Waals surface area contributed by atoms with Crippen LogP contribution in [0, 0.1) is 6.92 Å². The van der Waals surface area contributed by atoms with Gasteiger partial charge in [-0.1, -0.05) is 30.3 Å². The summed E-state index contributed by atoms with van der Waals surface area (Å²) in [6.07, 6.45) is 0. The van der Waals surface area contributed by atoms with Crippen LogP contribution in [0.25, 0.3) is 0 Å². The maximum Gasteiger partial charge on any atom is 0.262 e. The number of benzene rings is 3. The molecule has 0 aliphatic rings. The second-order valence-electron chi connectivity index (χ2n) is 6.58. The van der Waals surface area contributed by atoms with Crippen LogP contribution in [0.15, 0.2) is 66.7 Å². The molecule has 0 atom stereocenters. The molecule has 0 saturated heterocycles. The largest absolute Gasteiger partial charge is 0.493 e.